The van der Waals surface area contributed by atoms with E-state index >= 15 is 0 Å². The van der Waals surface area contributed by atoms with Crippen LogP contribution < -0.4 is 10.1 Å². The molecule has 1 unspecified atom stereocenters. The Morgan fingerprint density at radius 1 is 1.28 bits per heavy atom. The Morgan fingerprint density at radius 2 is 2.08 bits per heavy atom. The van der Waals surface area contributed by atoms with Gasteiger partial charge in [0.15, 0.2) is 0 Å². The molecule has 0 aliphatic carbocycles. The zero-order valence-corrected chi connectivity index (χ0v) is 20.7. The summed E-state index contributed by atoms with van der Waals surface area (Å²) >= 11 is 0. The third-order valence-electron chi connectivity index (χ3n) is 6.05. The number of hydrogen-bond donors (Lipinski definition) is 1. The van der Waals surface area contributed by atoms with E-state index in [4.69, 9.17) is 19.2 Å². The Bertz CT molecular complexity index is 1480. The number of rotatable bonds is 8. The van der Waals surface area contributed by atoms with E-state index in [0.717, 1.165) is 22.5 Å². The third-order valence-corrected chi connectivity index (χ3v) is 6.05. The molecular formula is C28H27N5O3. The van der Waals surface area contributed by atoms with Crippen molar-refractivity contribution in [3.05, 3.63) is 90.3 Å². The summed E-state index contributed by atoms with van der Waals surface area (Å²) in [6, 6.07) is 15.5. The van der Waals surface area contributed by atoms with Crippen molar-refractivity contribution in [1.29, 1.82) is 5.26 Å². The number of methoxy groups -OCH3 is 1. The lowest BCUT2D eigenvalue weighted by molar-refractivity contribution is -0.117. The van der Waals surface area contributed by atoms with Crippen molar-refractivity contribution in [1.82, 2.24) is 20.1 Å². The van der Waals surface area contributed by atoms with Crippen molar-refractivity contribution >= 4 is 5.91 Å². The summed E-state index contributed by atoms with van der Waals surface area (Å²) in [7, 11) is 1.61. The molecule has 1 N–H and O–H groups in total. The zero-order valence-electron chi connectivity index (χ0n) is 20.7. The van der Waals surface area contributed by atoms with E-state index in [1.165, 1.54) is 6.08 Å². The molecule has 1 atom stereocenters. The molecule has 0 aliphatic rings. The number of carbonyl (C=O) groups is 1. The van der Waals surface area contributed by atoms with Gasteiger partial charge in [-0.3, -0.25) is 14.5 Å². The number of amides is 1. The minimum Gasteiger partial charge on any atom is -0.497 e. The van der Waals surface area contributed by atoms with Crippen molar-refractivity contribution in [3.63, 3.8) is 0 Å². The summed E-state index contributed by atoms with van der Waals surface area (Å²) in [6.07, 6.45) is 4.68. The van der Waals surface area contributed by atoms with Gasteiger partial charge >= 0.3 is 0 Å². The van der Waals surface area contributed by atoms with E-state index in [1.54, 1.807) is 24.2 Å². The predicted octanol–water partition coefficient (Wildman–Crippen LogP) is 4.92. The second-order valence-electron chi connectivity index (χ2n) is 8.52. The van der Waals surface area contributed by atoms with Gasteiger partial charge in [0, 0.05) is 29.1 Å². The lowest BCUT2D eigenvalue weighted by Gasteiger charge is -2.32. The molecule has 0 spiro atoms. The maximum Gasteiger partial charge on any atom is 0.244 e. The van der Waals surface area contributed by atoms with Crippen molar-refractivity contribution < 1.29 is 13.9 Å². The summed E-state index contributed by atoms with van der Waals surface area (Å²) in [4.78, 5) is 17.5. The molecule has 0 radical (unpaired) electrons. The van der Waals surface area contributed by atoms with E-state index in [0.29, 0.717) is 28.5 Å². The third kappa shape index (κ3) is 4.51. The minimum atomic E-state index is -1.15. The van der Waals surface area contributed by atoms with Crippen LogP contribution in [0.1, 0.15) is 29.7 Å². The molecule has 8 heteroatoms. The van der Waals surface area contributed by atoms with Gasteiger partial charge in [0.25, 0.3) is 0 Å². The van der Waals surface area contributed by atoms with E-state index in [9.17, 15) is 10.1 Å². The molecule has 3 aromatic heterocycles. The number of benzene rings is 1. The van der Waals surface area contributed by atoms with E-state index in [-0.39, 0.29) is 12.5 Å². The summed E-state index contributed by atoms with van der Waals surface area (Å²) in [5.41, 5.74) is 3.17. The fourth-order valence-electron chi connectivity index (χ4n) is 4.38. The quantitative estimate of drug-likeness (QED) is 0.358. The minimum absolute atomic E-state index is 0.0410. The first-order chi connectivity index (χ1) is 17.3. The van der Waals surface area contributed by atoms with Gasteiger partial charge in [-0.2, -0.15) is 10.4 Å². The number of aryl methyl sites for hydroxylation is 2. The number of nitriles is 1. The van der Waals surface area contributed by atoms with Crippen molar-refractivity contribution in [3.8, 4) is 34.2 Å². The largest absolute Gasteiger partial charge is 0.497 e. The first-order valence-electron chi connectivity index (χ1n) is 11.4. The van der Waals surface area contributed by atoms with Crippen LogP contribution in [0.2, 0.25) is 0 Å². The van der Waals surface area contributed by atoms with Crippen LogP contribution in [0.4, 0.5) is 0 Å². The highest BCUT2D eigenvalue weighted by Gasteiger charge is 2.39. The van der Waals surface area contributed by atoms with Crippen LogP contribution in [-0.4, -0.2) is 27.8 Å². The molecular weight excluding hydrogens is 454 g/mol. The molecule has 3 heterocycles. The fourth-order valence-corrected chi connectivity index (χ4v) is 4.38. The summed E-state index contributed by atoms with van der Waals surface area (Å²) in [5, 5.41) is 17.2. The topological polar surface area (TPSA) is 106 Å². The highest BCUT2D eigenvalue weighted by Crippen LogP contribution is 2.41. The Balaban J connectivity index is 2.02. The normalized spacial score (nSPS) is 12.4. The smallest absolute Gasteiger partial charge is 0.244 e. The standard InChI is InChI=1S/C28H27N5O3/c1-6-25(34)31-28(4,27-22(11-8-13-30-27)20-9-7-10-21(16-20)35-5)24-17-33(14-12-29)32-26(24)23-15-18(2)36-19(23)3/h6-11,13,15-17H,1,14H2,2-5H3,(H,31,34). The zero-order chi connectivity index (χ0) is 25.9. The van der Waals surface area contributed by atoms with Gasteiger partial charge in [-0.1, -0.05) is 24.8 Å². The average Bonchev–Trinajstić information content (AvgIpc) is 3.46. The lowest BCUT2D eigenvalue weighted by Crippen LogP contribution is -2.45. The maximum atomic E-state index is 12.8. The molecule has 8 nitrogen and oxygen atoms in total. The number of ether oxygens (including phenoxy) is 1. The van der Waals surface area contributed by atoms with Crippen molar-refractivity contribution in [2.75, 3.05) is 7.11 Å². The number of nitrogens with one attached hydrogen (secondary N) is 1. The van der Waals surface area contributed by atoms with E-state index in [2.05, 4.69) is 18.0 Å². The Labute approximate surface area is 209 Å². The highest BCUT2D eigenvalue weighted by molar-refractivity contribution is 5.89. The Hall–Kier alpha value is -4.64. The maximum absolute atomic E-state index is 12.8. The second-order valence-corrected chi connectivity index (χ2v) is 8.52. The number of aromatic nitrogens is 3. The van der Waals surface area contributed by atoms with Crippen LogP contribution >= 0.6 is 0 Å². The van der Waals surface area contributed by atoms with Crippen LogP contribution in [0.5, 0.6) is 5.75 Å². The van der Waals surface area contributed by atoms with Crippen LogP contribution in [0.25, 0.3) is 22.4 Å². The van der Waals surface area contributed by atoms with Gasteiger partial charge in [-0.25, -0.2) is 0 Å². The number of carbonyl (C=O) groups excluding carboxylic acids is 1. The molecule has 0 saturated heterocycles. The van der Waals surface area contributed by atoms with Crippen LogP contribution in [0, 0.1) is 25.2 Å². The molecule has 0 aliphatic heterocycles. The Kier molecular flexibility index (Phi) is 6.75. The molecule has 1 amide bonds. The molecule has 0 saturated carbocycles. The molecule has 0 fully saturated rings. The first kappa shape index (κ1) is 24.5. The highest BCUT2D eigenvalue weighted by atomic mass is 16.5. The van der Waals surface area contributed by atoms with Crippen LogP contribution in [-0.2, 0) is 16.9 Å². The van der Waals surface area contributed by atoms with Crippen molar-refractivity contribution in [2.24, 2.45) is 0 Å². The van der Waals surface area contributed by atoms with Crippen LogP contribution in [0.3, 0.4) is 0 Å². The lowest BCUT2D eigenvalue weighted by atomic mass is 9.83. The van der Waals surface area contributed by atoms with Gasteiger partial charge in [0.2, 0.25) is 5.91 Å². The molecule has 0 bridgehead atoms. The molecule has 36 heavy (non-hydrogen) atoms. The van der Waals surface area contributed by atoms with Gasteiger partial charge in [0.05, 0.1) is 18.9 Å². The van der Waals surface area contributed by atoms with E-state index in [1.807, 2.05) is 63.2 Å². The predicted molar refractivity (Wildman–Crippen MR) is 136 cm³/mol. The molecule has 4 rings (SSSR count). The monoisotopic (exact) mass is 481 g/mol. The molecule has 4 aromatic rings. The molecule has 182 valence electrons. The van der Waals surface area contributed by atoms with Crippen LogP contribution in [0.15, 0.2) is 71.9 Å². The number of nitrogens with zero attached hydrogens (tertiary/aromatic N) is 4. The summed E-state index contributed by atoms with van der Waals surface area (Å²) in [5.74, 6) is 1.74. The average molecular weight is 482 g/mol. The first-order valence-corrected chi connectivity index (χ1v) is 11.4. The van der Waals surface area contributed by atoms with Gasteiger partial charge in [-0.05, 0) is 56.7 Å². The van der Waals surface area contributed by atoms with Gasteiger partial charge < -0.3 is 14.5 Å². The second kappa shape index (κ2) is 9.92. The summed E-state index contributed by atoms with van der Waals surface area (Å²) in [6.45, 7) is 9.28. The molecule has 1 aromatic carbocycles. The fraction of sp³-hybridized carbons (Fsp3) is 0.214. The van der Waals surface area contributed by atoms with Crippen molar-refractivity contribution in [2.45, 2.75) is 32.9 Å². The SMILES string of the molecule is C=CC(=O)NC(C)(c1cn(CC#N)nc1-c1cc(C)oc1C)c1ncccc1-c1cccc(OC)c1. The number of furan rings is 1. The van der Waals surface area contributed by atoms with Gasteiger partial charge in [-0.15, -0.1) is 0 Å². The van der Waals surface area contributed by atoms with Gasteiger partial charge in [0.1, 0.15) is 35.0 Å². The summed E-state index contributed by atoms with van der Waals surface area (Å²) < 4.78 is 12.8. The Morgan fingerprint density at radius 3 is 2.75 bits per heavy atom. The van der Waals surface area contributed by atoms with E-state index < -0.39 is 5.54 Å². The number of pyridine rings is 1. The number of hydrogen-bond acceptors (Lipinski definition) is 6.